The van der Waals surface area contributed by atoms with Crippen LogP contribution in [0.2, 0.25) is 0 Å². The Morgan fingerprint density at radius 3 is 2.43 bits per heavy atom. The summed E-state index contributed by atoms with van der Waals surface area (Å²) in [4.78, 5) is 6.36. The van der Waals surface area contributed by atoms with Gasteiger partial charge in [-0.2, -0.15) is 0 Å². The standard InChI is InChI=1S/C17H30N4/c1-6-14(2)20-17(18-3)19-13-7-8-15-9-11-16(12-10-15)21(4)5/h9-12,14H,6-8,13H2,1-5H3,(H2,18,19,20). The summed E-state index contributed by atoms with van der Waals surface area (Å²) in [6.07, 6.45) is 3.28. The van der Waals surface area contributed by atoms with Gasteiger partial charge >= 0.3 is 0 Å². The summed E-state index contributed by atoms with van der Waals surface area (Å²) in [7, 11) is 5.95. The van der Waals surface area contributed by atoms with Crippen LogP contribution in [0, 0.1) is 0 Å². The number of hydrogen-bond donors (Lipinski definition) is 2. The Kier molecular flexibility index (Phi) is 7.65. The third-order valence-electron chi connectivity index (χ3n) is 3.61. The van der Waals surface area contributed by atoms with E-state index in [1.165, 1.54) is 11.3 Å². The van der Waals surface area contributed by atoms with Crippen molar-refractivity contribution in [2.75, 3.05) is 32.6 Å². The first-order valence-electron chi connectivity index (χ1n) is 7.80. The molecular formula is C17H30N4. The van der Waals surface area contributed by atoms with Crippen LogP contribution in [-0.2, 0) is 6.42 Å². The average Bonchev–Trinajstić information content (AvgIpc) is 2.50. The van der Waals surface area contributed by atoms with Crippen molar-refractivity contribution in [1.29, 1.82) is 0 Å². The van der Waals surface area contributed by atoms with Crippen LogP contribution in [0.25, 0.3) is 0 Å². The number of aliphatic imine (C=N–C) groups is 1. The van der Waals surface area contributed by atoms with E-state index in [1.54, 1.807) is 0 Å². The van der Waals surface area contributed by atoms with Gasteiger partial charge in [0, 0.05) is 39.4 Å². The molecule has 0 aliphatic heterocycles. The molecule has 4 nitrogen and oxygen atoms in total. The first-order valence-corrected chi connectivity index (χ1v) is 7.80. The summed E-state index contributed by atoms with van der Waals surface area (Å²) in [5, 5.41) is 6.73. The van der Waals surface area contributed by atoms with Crippen LogP contribution in [0.1, 0.15) is 32.3 Å². The molecular weight excluding hydrogens is 260 g/mol. The van der Waals surface area contributed by atoms with Crippen LogP contribution >= 0.6 is 0 Å². The fourth-order valence-corrected chi connectivity index (χ4v) is 1.99. The molecule has 1 unspecified atom stereocenters. The lowest BCUT2D eigenvalue weighted by molar-refractivity contribution is 0.620. The van der Waals surface area contributed by atoms with Crippen LogP contribution in [0.5, 0.6) is 0 Å². The number of hydrogen-bond acceptors (Lipinski definition) is 2. The van der Waals surface area contributed by atoms with Crippen LogP contribution < -0.4 is 15.5 Å². The van der Waals surface area contributed by atoms with Gasteiger partial charge in [0.05, 0.1) is 0 Å². The van der Waals surface area contributed by atoms with Gasteiger partial charge in [0.15, 0.2) is 5.96 Å². The molecule has 0 saturated carbocycles. The summed E-state index contributed by atoms with van der Waals surface area (Å²) in [5.74, 6) is 0.896. The minimum absolute atomic E-state index is 0.453. The molecule has 1 atom stereocenters. The van der Waals surface area contributed by atoms with Crippen molar-refractivity contribution in [3.63, 3.8) is 0 Å². The fraction of sp³-hybridized carbons (Fsp3) is 0.588. The molecule has 0 aromatic heterocycles. The maximum Gasteiger partial charge on any atom is 0.191 e. The minimum Gasteiger partial charge on any atom is -0.378 e. The number of guanidine groups is 1. The molecule has 4 heteroatoms. The van der Waals surface area contributed by atoms with E-state index in [0.29, 0.717) is 6.04 Å². The van der Waals surface area contributed by atoms with E-state index in [2.05, 4.69) is 72.7 Å². The van der Waals surface area contributed by atoms with E-state index >= 15 is 0 Å². The zero-order chi connectivity index (χ0) is 15.7. The number of benzene rings is 1. The van der Waals surface area contributed by atoms with Crippen LogP contribution in [0.3, 0.4) is 0 Å². The molecule has 0 aliphatic rings. The third kappa shape index (κ3) is 6.52. The van der Waals surface area contributed by atoms with E-state index in [0.717, 1.165) is 31.8 Å². The quantitative estimate of drug-likeness (QED) is 0.461. The van der Waals surface area contributed by atoms with E-state index in [9.17, 15) is 0 Å². The summed E-state index contributed by atoms with van der Waals surface area (Å²) in [6.45, 7) is 5.27. The van der Waals surface area contributed by atoms with Crippen molar-refractivity contribution in [2.24, 2.45) is 4.99 Å². The largest absolute Gasteiger partial charge is 0.378 e. The van der Waals surface area contributed by atoms with Gasteiger partial charge in [-0.05, 0) is 43.9 Å². The zero-order valence-corrected chi connectivity index (χ0v) is 14.1. The molecule has 1 rings (SSSR count). The van der Waals surface area contributed by atoms with Crippen LogP contribution in [0.15, 0.2) is 29.3 Å². The summed E-state index contributed by atoms with van der Waals surface area (Å²) >= 11 is 0. The van der Waals surface area contributed by atoms with Crippen molar-refractivity contribution < 1.29 is 0 Å². The molecule has 2 N–H and O–H groups in total. The molecule has 21 heavy (non-hydrogen) atoms. The number of nitrogens with one attached hydrogen (secondary N) is 2. The number of anilines is 1. The lowest BCUT2D eigenvalue weighted by atomic mass is 10.1. The maximum absolute atomic E-state index is 4.24. The lowest BCUT2D eigenvalue weighted by Gasteiger charge is -2.16. The Hall–Kier alpha value is -1.71. The highest BCUT2D eigenvalue weighted by atomic mass is 15.2. The van der Waals surface area contributed by atoms with Crippen molar-refractivity contribution in [3.8, 4) is 0 Å². The lowest BCUT2D eigenvalue weighted by Crippen LogP contribution is -2.42. The van der Waals surface area contributed by atoms with Crippen molar-refractivity contribution in [3.05, 3.63) is 29.8 Å². The minimum atomic E-state index is 0.453. The second-order valence-electron chi connectivity index (χ2n) is 5.62. The molecule has 1 aromatic rings. The summed E-state index contributed by atoms with van der Waals surface area (Å²) < 4.78 is 0. The van der Waals surface area contributed by atoms with Gasteiger partial charge < -0.3 is 15.5 Å². The Bertz CT molecular complexity index is 423. The predicted octanol–water partition coefficient (Wildman–Crippen LogP) is 2.65. The van der Waals surface area contributed by atoms with Gasteiger partial charge in [-0.15, -0.1) is 0 Å². The molecule has 0 radical (unpaired) electrons. The Morgan fingerprint density at radius 2 is 1.90 bits per heavy atom. The normalized spacial score (nSPS) is 12.9. The van der Waals surface area contributed by atoms with Crippen LogP contribution in [-0.4, -0.2) is 39.7 Å². The van der Waals surface area contributed by atoms with Crippen LogP contribution in [0.4, 0.5) is 5.69 Å². The van der Waals surface area contributed by atoms with Crippen molar-refractivity contribution in [1.82, 2.24) is 10.6 Å². The first kappa shape index (κ1) is 17.3. The maximum atomic E-state index is 4.24. The van der Waals surface area contributed by atoms with Gasteiger partial charge in [-0.25, -0.2) is 0 Å². The summed E-state index contributed by atoms with van der Waals surface area (Å²) in [6, 6.07) is 9.22. The smallest absolute Gasteiger partial charge is 0.191 e. The molecule has 0 fully saturated rings. The molecule has 0 spiro atoms. The highest BCUT2D eigenvalue weighted by Crippen LogP contribution is 2.13. The fourth-order valence-electron chi connectivity index (χ4n) is 1.99. The monoisotopic (exact) mass is 290 g/mol. The highest BCUT2D eigenvalue weighted by molar-refractivity contribution is 5.79. The molecule has 0 amide bonds. The topological polar surface area (TPSA) is 39.7 Å². The van der Waals surface area contributed by atoms with Gasteiger partial charge in [-0.1, -0.05) is 19.1 Å². The number of nitrogens with zero attached hydrogens (tertiary/aromatic N) is 2. The second-order valence-corrected chi connectivity index (χ2v) is 5.62. The van der Waals surface area contributed by atoms with E-state index in [4.69, 9.17) is 0 Å². The molecule has 0 aliphatic carbocycles. The highest BCUT2D eigenvalue weighted by Gasteiger charge is 2.02. The average molecular weight is 290 g/mol. The zero-order valence-electron chi connectivity index (χ0n) is 14.1. The number of aryl methyl sites for hydroxylation is 1. The first-order chi connectivity index (χ1) is 10.1. The van der Waals surface area contributed by atoms with Gasteiger partial charge in [0.2, 0.25) is 0 Å². The SMILES string of the molecule is CCC(C)NC(=NC)NCCCc1ccc(N(C)C)cc1. The molecule has 118 valence electrons. The second kappa shape index (κ2) is 9.27. The van der Waals surface area contributed by atoms with E-state index in [1.807, 2.05) is 7.05 Å². The third-order valence-corrected chi connectivity index (χ3v) is 3.61. The molecule has 0 saturated heterocycles. The summed E-state index contributed by atoms with van der Waals surface area (Å²) in [5.41, 5.74) is 2.63. The predicted molar refractivity (Wildman–Crippen MR) is 93.3 cm³/mol. The van der Waals surface area contributed by atoms with E-state index < -0.39 is 0 Å². The van der Waals surface area contributed by atoms with Gasteiger partial charge in [0.25, 0.3) is 0 Å². The Labute approximate surface area is 129 Å². The molecule has 0 bridgehead atoms. The van der Waals surface area contributed by atoms with Crippen molar-refractivity contribution >= 4 is 11.6 Å². The van der Waals surface area contributed by atoms with Gasteiger partial charge in [0.1, 0.15) is 0 Å². The molecule has 0 heterocycles. The Morgan fingerprint density at radius 1 is 1.24 bits per heavy atom. The van der Waals surface area contributed by atoms with Gasteiger partial charge in [-0.3, -0.25) is 4.99 Å². The Balaban J connectivity index is 2.30. The van der Waals surface area contributed by atoms with E-state index in [-0.39, 0.29) is 0 Å². The van der Waals surface area contributed by atoms with Crippen molar-refractivity contribution in [2.45, 2.75) is 39.2 Å². The number of rotatable bonds is 7. The molecule has 1 aromatic carbocycles.